The van der Waals surface area contributed by atoms with E-state index in [0.29, 0.717) is 0 Å². The van der Waals surface area contributed by atoms with E-state index < -0.39 is 0 Å². The van der Waals surface area contributed by atoms with Crippen molar-refractivity contribution in [3.05, 3.63) is 127 Å². The van der Waals surface area contributed by atoms with Gasteiger partial charge in [0.05, 0.1) is 16.6 Å². The Morgan fingerprint density at radius 1 is 0.472 bits per heavy atom. The highest BCUT2D eigenvalue weighted by Gasteiger charge is 2.21. The van der Waals surface area contributed by atoms with Crippen LogP contribution in [0.1, 0.15) is 0 Å². The van der Waals surface area contributed by atoms with Gasteiger partial charge in [0.1, 0.15) is 0 Å². The molecule has 36 heavy (non-hydrogen) atoms. The molecule has 2 nitrogen and oxygen atoms in total. The molecule has 2 heterocycles. The van der Waals surface area contributed by atoms with Gasteiger partial charge < -0.3 is 9.55 Å². The molecule has 168 valence electrons. The zero-order valence-corrected chi connectivity index (χ0v) is 19.6. The Kier molecular flexibility index (Phi) is 3.97. The largest absolute Gasteiger partial charge is 0.353 e. The maximum atomic E-state index is 3.81. The van der Waals surface area contributed by atoms with Gasteiger partial charge in [-0.15, -0.1) is 0 Å². The Labute approximate surface area is 208 Å². The molecule has 0 fully saturated rings. The van der Waals surface area contributed by atoms with Gasteiger partial charge in [-0.1, -0.05) is 103 Å². The van der Waals surface area contributed by atoms with E-state index in [1.165, 1.54) is 65.5 Å². The van der Waals surface area contributed by atoms with Crippen LogP contribution in [-0.4, -0.2) is 9.55 Å². The molecule has 2 heteroatoms. The van der Waals surface area contributed by atoms with Crippen LogP contribution in [0, 0.1) is 0 Å². The molecule has 0 aliphatic heterocycles. The highest BCUT2D eigenvalue weighted by Crippen LogP contribution is 2.44. The number of aromatic amines is 1. The first-order valence-electron chi connectivity index (χ1n) is 12.4. The van der Waals surface area contributed by atoms with Gasteiger partial charge in [0.25, 0.3) is 0 Å². The molecule has 0 radical (unpaired) electrons. The summed E-state index contributed by atoms with van der Waals surface area (Å²) in [5.41, 5.74) is 8.40. The zero-order valence-electron chi connectivity index (χ0n) is 19.6. The first-order valence-corrected chi connectivity index (χ1v) is 12.4. The number of para-hydroxylation sites is 2. The van der Waals surface area contributed by atoms with Gasteiger partial charge in [-0.05, 0) is 46.2 Å². The van der Waals surface area contributed by atoms with E-state index in [1.54, 1.807) is 0 Å². The predicted molar refractivity (Wildman–Crippen MR) is 153 cm³/mol. The second-order valence-corrected chi connectivity index (χ2v) is 9.46. The van der Waals surface area contributed by atoms with Crippen LogP contribution in [0.5, 0.6) is 0 Å². The lowest BCUT2D eigenvalue weighted by Gasteiger charge is -2.12. The van der Waals surface area contributed by atoms with Gasteiger partial charge in [0.2, 0.25) is 0 Å². The third-order valence-corrected chi connectivity index (χ3v) is 7.49. The Hall–Kier alpha value is -4.82. The SMILES string of the molecule is c1ccc(-c2cccc(-n3c4ccccc4c4c5ccccc5c5c6ccccc6[nH]c5c43)c2)cc1. The average molecular weight is 459 g/mol. The van der Waals surface area contributed by atoms with Gasteiger partial charge in [0.15, 0.2) is 0 Å². The third-order valence-electron chi connectivity index (χ3n) is 7.49. The predicted octanol–water partition coefficient (Wildman–Crippen LogP) is 9.24. The minimum Gasteiger partial charge on any atom is -0.353 e. The van der Waals surface area contributed by atoms with Crippen LogP contribution < -0.4 is 0 Å². The average Bonchev–Trinajstić information content (AvgIpc) is 3.51. The van der Waals surface area contributed by atoms with E-state index in [2.05, 4.69) is 137 Å². The maximum Gasteiger partial charge on any atom is 0.0789 e. The van der Waals surface area contributed by atoms with E-state index in [-0.39, 0.29) is 0 Å². The topological polar surface area (TPSA) is 20.7 Å². The molecule has 0 atom stereocenters. The number of aromatic nitrogens is 2. The fourth-order valence-corrected chi connectivity index (χ4v) is 5.99. The lowest BCUT2D eigenvalue weighted by atomic mass is 9.98. The number of fused-ring (bicyclic) bond motifs is 10. The third kappa shape index (κ3) is 2.61. The summed E-state index contributed by atoms with van der Waals surface area (Å²) in [6.07, 6.45) is 0. The molecule has 1 N–H and O–H groups in total. The molecule has 6 aromatic carbocycles. The molecular formula is C34H22N2. The second-order valence-electron chi connectivity index (χ2n) is 9.46. The molecule has 0 aliphatic rings. The van der Waals surface area contributed by atoms with Gasteiger partial charge in [-0.25, -0.2) is 0 Å². The van der Waals surface area contributed by atoms with Gasteiger partial charge in [-0.3, -0.25) is 0 Å². The van der Waals surface area contributed by atoms with Crippen LogP contribution in [0.2, 0.25) is 0 Å². The Bertz CT molecular complexity index is 2090. The van der Waals surface area contributed by atoms with Crippen molar-refractivity contribution in [2.24, 2.45) is 0 Å². The van der Waals surface area contributed by atoms with E-state index in [0.717, 1.165) is 5.69 Å². The molecule has 0 saturated heterocycles. The number of rotatable bonds is 2. The number of nitrogens with one attached hydrogen (secondary N) is 1. The van der Waals surface area contributed by atoms with Crippen molar-refractivity contribution < 1.29 is 0 Å². The number of hydrogen-bond acceptors (Lipinski definition) is 0. The number of nitrogens with zero attached hydrogens (tertiary/aromatic N) is 1. The molecule has 0 unspecified atom stereocenters. The molecule has 0 bridgehead atoms. The van der Waals surface area contributed by atoms with Gasteiger partial charge in [0, 0.05) is 32.7 Å². The van der Waals surface area contributed by atoms with E-state index in [9.17, 15) is 0 Å². The first kappa shape index (κ1) is 19.5. The van der Waals surface area contributed by atoms with Crippen LogP contribution >= 0.6 is 0 Å². The summed E-state index contributed by atoms with van der Waals surface area (Å²) < 4.78 is 2.45. The van der Waals surface area contributed by atoms with E-state index in [1.807, 2.05) is 0 Å². The molecule has 0 amide bonds. The van der Waals surface area contributed by atoms with Crippen LogP contribution in [0.4, 0.5) is 0 Å². The van der Waals surface area contributed by atoms with Crippen molar-refractivity contribution in [2.75, 3.05) is 0 Å². The molecule has 2 aromatic heterocycles. The smallest absolute Gasteiger partial charge is 0.0789 e. The van der Waals surface area contributed by atoms with Crippen molar-refractivity contribution in [3.8, 4) is 16.8 Å². The standard InChI is InChI=1S/C34H22N2/c1-2-11-22(12-3-1)23-13-10-14-24(21-23)36-30-20-9-7-18-28(30)32-26-16-5-4-15-25(26)31-27-17-6-8-19-29(27)35-33(31)34(32)36/h1-21,35H. The number of hydrogen-bond donors (Lipinski definition) is 1. The van der Waals surface area contributed by atoms with Crippen LogP contribution in [-0.2, 0) is 0 Å². The lowest BCUT2D eigenvalue weighted by molar-refractivity contribution is 1.18. The fraction of sp³-hybridized carbons (Fsp3) is 0. The van der Waals surface area contributed by atoms with Crippen LogP contribution in [0.3, 0.4) is 0 Å². The Morgan fingerprint density at radius 2 is 1.11 bits per heavy atom. The summed E-state index contributed by atoms with van der Waals surface area (Å²) in [7, 11) is 0. The summed E-state index contributed by atoms with van der Waals surface area (Å²) in [6, 6.07) is 45.8. The van der Waals surface area contributed by atoms with Crippen molar-refractivity contribution in [1.82, 2.24) is 9.55 Å². The van der Waals surface area contributed by atoms with Crippen molar-refractivity contribution in [1.29, 1.82) is 0 Å². The van der Waals surface area contributed by atoms with Crippen molar-refractivity contribution in [2.45, 2.75) is 0 Å². The summed E-state index contributed by atoms with van der Waals surface area (Å²) >= 11 is 0. The fourth-order valence-electron chi connectivity index (χ4n) is 5.99. The van der Waals surface area contributed by atoms with Gasteiger partial charge in [-0.2, -0.15) is 0 Å². The molecule has 0 aliphatic carbocycles. The van der Waals surface area contributed by atoms with Gasteiger partial charge >= 0.3 is 0 Å². The molecule has 0 saturated carbocycles. The summed E-state index contributed by atoms with van der Waals surface area (Å²) in [5.74, 6) is 0. The number of H-pyrrole nitrogens is 1. The van der Waals surface area contributed by atoms with E-state index in [4.69, 9.17) is 0 Å². The minimum absolute atomic E-state index is 1.16. The highest BCUT2D eigenvalue weighted by atomic mass is 15.0. The number of benzene rings is 6. The quantitative estimate of drug-likeness (QED) is 0.266. The summed E-state index contributed by atoms with van der Waals surface area (Å²) in [5, 5.41) is 7.70. The summed E-state index contributed by atoms with van der Waals surface area (Å²) in [6.45, 7) is 0. The lowest BCUT2D eigenvalue weighted by Crippen LogP contribution is -1.95. The van der Waals surface area contributed by atoms with Crippen LogP contribution in [0.15, 0.2) is 127 Å². The summed E-state index contributed by atoms with van der Waals surface area (Å²) in [4.78, 5) is 3.81. The zero-order chi connectivity index (χ0) is 23.6. The van der Waals surface area contributed by atoms with E-state index >= 15 is 0 Å². The highest BCUT2D eigenvalue weighted by molar-refractivity contribution is 6.35. The van der Waals surface area contributed by atoms with Crippen molar-refractivity contribution in [3.63, 3.8) is 0 Å². The maximum absolute atomic E-state index is 3.81. The second kappa shape index (κ2) is 7.34. The molecule has 8 aromatic rings. The minimum atomic E-state index is 1.16. The Morgan fingerprint density at radius 3 is 1.94 bits per heavy atom. The normalized spacial score (nSPS) is 11.9. The Balaban J connectivity index is 1.61. The molecule has 8 rings (SSSR count). The monoisotopic (exact) mass is 458 g/mol. The molecule has 0 spiro atoms. The first-order chi connectivity index (χ1) is 17.9. The van der Waals surface area contributed by atoms with Crippen molar-refractivity contribution >= 4 is 54.4 Å². The van der Waals surface area contributed by atoms with Crippen LogP contribution in [0.25, 0.3) is 71.2 Å². The molecular weight excluding hydrogens is 436 g/mol.